The highest BCUT2D eigenvalue weighted by atomic mass is 32.1. The minimum absolute atomic E-state index is 0.265. The molecule has 0 unspecified atom stereocenters. The Labute approximate surface area is 177 Å². The van der Waals surface area contributed by atoms with Crippen molar-refractivity contribution in [3.8, 4) is 27.9 Å². The Hall–Kier alpha value is -3.46. The summed E-state index contributed by atoms with van der Waals surface area (Å²) >= 11 is 1.42. The third-order valence-corrected chi connectivity index (χ3v) is 5.54. The smallest absolute Gasteiger partial charge is 0.368 e. The van der Waals surface area contributed by atoms with Gasteiger partial charge in [-0.1, -0.05) is 42.5 Å². The first-order chi connectivity index (χ1) is 14.6. The lowest BCUT2D eigenvalue weighted by molar-refractivity contribution is 0.303. The molecule has 0 atom stereocenters. The van der Waals surface area contributed by atoms with E-state index in [0.717, 1.165) is 34.6 Å². The van der Waals surface area contributed by atoms with Gasteiger partial charge >= 0.3 is 5.69 Å². The van der Waals surface area contributed by atoms with Gasteiger partial charge in [-0.3, -0.25) is 0 Å². The molecular weight excluding hydrogens is 402 g/mol. The van der Waals surface area contributed by atoms with Crippen molar-refractivity contribution in [2.24, 2.45) is 7.05 Å². The maximum Gasteiger partial charge on any atom is 0.368 e. The van der Waals surface area contributed by atoms with Crippen molar-refractivity contribution in [3.63, 3.8) is 0 Å². The van der Waals surface area contributed by atoms with Crippen LogP contribution in [0.5, 0.6) is 10.9 Å². The number of ether oxygens (including phenoxy) is 2. The fraction of sp³-hybridized carbons (Fsp3) is 0.238. The molecule has 2 aromatic carbocycles. The zero-order valence-electron chi connectivity index (χ0n) is 16.9. The quantitative estimate of drug-likeness (QED) is 0.454. The van der Waals surface area contributed by atoms with Crippen LogP contribution in [0.4, 0.5) is 0 Å². The maximum atomic E-state index is 12.4. The SMILES string of the molecule is CCc1cccc(-n2nnn(C)c2=O)c1COc1nc(-c2ccccc2OC)cs1. The van der Waals surface area contributed by atoms with Crippen molar-refractivity contribution in [1.29, 1.82) is 0 Å². The van der Waals surface area contributed by atoms with Crippen LogP contribution in [0.15, 0.2) is 52.6 Å². The molecule has 0 fully saturated rings. The van der Waals surface area contributed by atoms with Gasteiger partial charge in [0.2, 0.25) is 0 Å². The summed E-state index contributed by atoms with van der Waals surface area (Å²) in [4.78, 5) is 17.0. The molecule has 0 N–H and O–H groups in total. The van der Waals surface area contributed by atoms with Crippen molar-refractivity contribution in [2.45, 2.75) is 20.0 Å². The van der Waals surface area contributed by atoms with Gasteiger partial charge in [0.15, 0.2) is 0 Å². The lowest BCUT2D eigenvalue weighted by atomic mass is 10.0. The highest BCUT2D eigenvalue weighted by Crippen LogP contribution is 2.33. The highest BCUT2D eigenvalue weighted by Gasteiger charge is 2.16. The summed E-state index contributed by atoms with van der Waals surface area (Å²) in [5.74, 6) is 0.759. The number of benzene rings is 2. The number of thiazole rings is 1. The van der Waals surface area contributed by atoms with Crippen LogP contribution >= 0.6 is 11.3 Å². The van der Waals surface area contributed by atoms with E-state index in [1.807, 2.05) is 47.8 Å². The summed E-state index contributed by atoms with van der Waals surface area (Å²) in [5, 5.41) is 10.3. The number of rotatable bonds is 7. The summed E-state index contributed by atoms with van der Waals surface area (Å²) < 4.78 is 13.9. The molecule has 0 aliphatic carbocycles. The zero-order chi connectivity index (χ0) is 21.1. The van der Waals surface area contributed by atoms with E-state index in [1.165, 1.54) is 20.7 Å². The molecule has 4 rings (SSSR count). The van der Waals surface area contributed by atoms with E-state index in [2.05, 4.69) is 22.3 Å². The fourth-order valence-electron chi connectivity index (χ4n) is 3.22. The van der Waals surface area contributed by atoms with Gasteiger partial charge in [-0.05, 0) is 40.6 Å². The van der Waals surface area contributed by atoms with Crippen molar-refractivity contribution >= 4 is 11.3 Å². The lowest BCUT2D eigenvalue weighted by Crippen LogP contribution is -2.23. The molecule has 2 heterocycles. The first kappa shape index (κ1) is 19.8. The second kappa shape index (κ2) is 8.50. The topological polar surface area (TPSA) is 84.1 Å². The first-order valence-electron chi connectivity index (χ1n) is 9.44. The number of hydrogen-bond donors (Lipinski definition) is 0. The predicted octanol–water partition coefficient (Wildman–Crippen LogP) is 3.24. The molecule has 2 aromatic heterocycles. The molecular formula is C21H21N5O3S. The van der Waals surface area contributed by atoms with Gasteiger partial charge in [-0.25, -0.2) is 9.78 Å². The average Bonchev–Trinajstić information content (AvgIpc) is 3.38. The summed E-state index contributed by atoms with van der Waals surface area (Å²) in [5.41, 5.74) is 4.02. The third-order valence-electron chi connectivity index (χ3n) is 4.79. The van der Waals surface area contributed by atoms with Crippen LogP contribution in [0.3, 0.4) is 0 Å². The molecule has 0 radical (unpaired) electrons. The molecule has 4 aromatic rings. The van der Waals surface area contributed by atoms with Crippen LogP contribution in [0.1, 0.15) is 18.1 Å². The Kier molecular flexibility index (Phi) is 5.62. The van der Waals surface area contributed by atoms with E-state index >= 15 is 0 Å². The predicted molar refractivity (Wildman–Crippen MR) is 114 cm³/mol. The van der Waals surface area contributed by atoms with Crippen molar-refractivity contribution < 1.29 is 9.47 Å². The van der Waals surface area contributed by atoms with Crippen LogP contribution < -0.4 is 15.2 Å². The summed E-state index contributed by atoms with van der Waals surface area (Å²) in [6.45, 7) is 2.33. The van der Waals surface area contributed by atoms with E-state index < -0.39 is 0 Å². The molecule has 0 aliphatic rings. The molecule has 154 valence electrons. The number of methoxy groups -OCH3 is 1. The molecule has 0 saturated heterocycles. The third kappa shape index (κ3) is 3.71. The minimum Gasteiger partial charge on any atom is -0.496 e. The Bertz CT molecular complexity index is 1230. The molecule has 8 nitrogen and oxygen atoms in total. The molecule has 0 spiro atoms. The molecule has 0 saturated carbocycles. The van der Waals surface area contributed by atoms with Gasteiger partial charge < -0.3 is 9.47 Å². The maximum absolute atomic E-state index is 12.4. The van der Waals surface area contributed by atoms with Crippen molar-refractivity contribution in [1.82, 2.24) is 24.8 Å². The van der Waals surface area contributed by atoms with Gasteiger partial charge in [0.1, 0.15) is 12.4 Å². The van der Waals surface area contributed by atoms with Gasteiger partial charge in [-0.15, -0.1) is 0 Å². The fourth-order valence-corrected chi connectivity index (χ4v) is 3.89. The van der Waals surface area contributed by atoms with Crippen molar-refractivity contribution in [3.05, 3.63) is 69.5 Å². The Balaban J connectivity index is 1.63. The normalized spacial score (nSPS) is 10.9. The highest BCUT2D eigenvalue weighted by molar-refractivity contribution is 7.11. The van der Waals surface area contributed by atoms with Crippen LogP contribution in [0, 0.1) is 0 Å². The summed E-state index contributed by atoms with van der Waals surface area (Å²) in [7, 11) is 3.21. The minimum atomic E-state index is -0.308. The molecule has 0 bridgehead atoms. The summed E-state index contributed by atoms with van der Waals surface area (Å²) in [6.07, 6.45) is 0.797. The number of aromatic nitrogens is 5. The van der Waals surface area contributed by atoms with Crippen LogP contribution in [0.2, 0.25) is 0 Å². The van der Waals surface area contributed by atoms with Gasteiger partial charge in [-0.2, -0.15) is 9.36 Å². The summed E-state index contributed by atoms with van der Waals surface area (Å²) in [6, 6.07) is 13.5. The van der Waals surface area contributed by atoms with Crippen molar-refractivity contribution in [2.75, 3.05) is 7.11 Å². The van der Waals surface area contributed by atoms with Crippen LogP contribution in [-0.2, 0) is 20.1 Å². The first-order valence-corrected chi connectivity index (χ1v) is 10.3. The van der Waals surface area contributed by atoms with E-state index in [1.54, 1.807) is 14.2 Å². The van der Waals surface area contributed by atoms with E-state index in [-0.39, 0.29) is 12.3 Å². The number of aryl methyl sites for hydroxylation is 2. The Morgan fingerprint density at radius 2 is 1.93 bits per heavy atom. The second-order valence-corrected chi connectivity index (χ2v) is 7.37. The zero-order valence-corrected chi connectivity index (χ0v) is 17.7. The number of nitrogens with zero attached hydrogens (tertiary/aromatic N) is 5. The lowest BCUT2D eigenvalue weighted by Gasteiger charge is -2.13. The van der Waals surface area contributed by atoms with E-state index in [4.69, 9.17) is 9.47 Å². The molecule has 0 amide bonds. The Morgan fingerprint density at radius 1 is 1.10 bits per heavy atom. The van der Waals surface area contributed by atoms with Crippen LogP contribution in [-0.4, -0.2) is 31.9 Å². The monoisotopic (exact) mass is 423 g/mol. The standard InChI is InChI=1S/C21H21N5O3S/c1-4-14-8-7-10-18(26-21(27)25(2)23-24-26)16(14)12-29-20-22-17(13-30-20)15-9-5-6-11-19(15)28-3/h5-11,13H,4,12H2,1-3H3. The van der Waals surface area contributed by atoms with Crippen LogP contribution in [0.25, 0.3) is 16.9 Å². The number of para-hydroxylation sites is 1. The van der Waals surface area contributed by atoms with E-state index in [0.29, 0.717) is 10.9 Å². The average molecular weight is 423 g/mol. The van der Waals surface area contributed by atoms with E-state index in [9.17, 15) is 4.79 Å². The molecule has 9 heteroatoms. The molecule has 30 heavy (non-hydrogen) atoms. The van der Waals surface area contributed by atoms with Gasteiger partial charge in [0.05, 0.1) is 18.5 Å². The molecule has 0 aliphatic heterocycles. The number of hydrogen-bond acceptors (Lipinski definition) is 7. The number of tetrazole rings is 1. The van der Waals surface area contributed by atoms with Gasteiger partial charge in [0.25, 0.3) is 5.19 Å². The second-order valence-electron chi connectivity index (χ2n) is 6.55. The largest absolute Gasteiger partial charge is 0.496 e. The van der Waals surface area contributed by atoms with Gasteiger partial charge in [0, 0.05) is 23.6 Å². The Morgan fingerprint density at radius 3 is 2.67 bits per heavy atom.